The molecular weight excluding hydrogens is 282 g/mol. The summed E-state index contributed by atoms with van der Waals surface area (Å²) >= 11 is 10.8. The number of hydrogen-bond acceptors (Lipinski definition) is 2. The van der Waals surface area contributed by atoms with Crippen LogP contribution in [0.5, 0.6) is 0 Å². The first-order valence-corrected chi connectivity index (χ1v) is 7.02. The fourth-order valence-corrected chi connectivity index (χ4v) is 1.69. The van der Waals surface area contributed by atoms with E-state index in [0.29, 0.717) is 15.7 Å². The minimum Gasteiger partial charge on any atom is -0.361 e. The van der Waals surface area contributed by atoms with Gasteiger partial charge in [0, 0.05) is 17.1 Å². The minimum absolute atomic E-state index is 0.255. The van der Waals surface area contributed by atoms with Crippen LogP contribution in [0.25, 0.3) is 0 Å². The highest BCUT2D eigenvalue weighted by Crippen LogP contribution is 2.08. The predicted molar refractivity (Wildman–Crippen MR) is 82.2 cm³/mol. The second-order valence-corrected chi connectivity index (χ2v) is 4.89. The van der Waals surface area contributed by atoms with Crippen molar-refractivity contribution in [3.63, 3.8) is 0 Å². The average Bonchev–Trinajstić information content (AvgIpc) is 2.42. The van der Waals surface area contributed by atoms with E-state index in [9.17, 15) is 4.79 Å². The standard InChI is InChI=1S/C13H18ClN3OS/c1-2-3-4-9-15-13(19)17-16-12(18)10-5-7-11(14)8-6-10/h5-8H,2-4,9H2,1H3,(H,16,18)(H2,15,17,19). The molecule has 0 aliphatic carbocycles. The van der Waals surface area contributed by atoms with Gasteiger partial charge in [-0.15, -0.1) is 0 Å². The van der Waals surface area contributed by atoms with E-state index < -0.39 is 0 Å². The number of rotatable bonds is 5. The van der Waals surface area contributed by atoms with Gasteiger partial charge in [0.2, 0.25) is 0 Å². The Hall–Kier alpha value is -1.33. The lowest BCUT2D eigenvalue weighted by atomic mass is 10.2. The van der Waals surface area contributed by atoms with Gasteiger partial charge in [-0.05, 0) is 42.9 Å². The third-order valence-electron chi connectivity index (χ3n) is 2.46. The van der Waals surface area contributed by atoms with E-state index in [4.69, 9.17) is 23.8 Å². The molecule has 0 spiro atoms. The number of carbonyl (C=O) groups excluding carboxylic acids is 1. The van der Waals surface area contributed by atoms with Crippen molar-refractivity contribution >= 4 is 34.8 Å². The molecule has 0 saturated carbocycles. The van der Waals surface area contributed by atoms with Crippen LogP contribution in [0.2, 0.25) is 5.02 Å². The quantitative estimate of drug-likeness (QED) is 0.444. The Bertz CT molecular complexity index is 422. The lowest BCUT2D eigenvalue weighted by Gasteiger charge is -2.11. The zero-order valence-corrected chi connectivity index (χ0v) is 12.4. The van der Waals surface area contributed by atoms with Gasteiger partial charge in [-0.25, -0.2) is 0 Å². The number of hydrogen-bond donors (Lipinski definition) is 3. The van der Waals surface area contributed by atoms with E-state index >= 15 is 0 Å². The first-order chi connectivity index (χ1) is 9.13. The van der Waals surface area contributed by atoms with Crippen molar-refractivity contribution in [1.29, 1.82) is 0 Å². The SMILES string of the molecule is CCCCCNC(=S)NNC(=O)c1ccc(Cl)cc1. The van der Waals surface area contributed by atoms with Crippen molar-refractivity contribution in [1.82, 2.24) is 16.2 Å². The Balaban J connectivity index is 2.26. The Morgan fingerprint density at radius 2 is 1.89 bits per heavy atom. The molecule has 0 fully saturated rings. The highest BCUT2D eigenvalue weighted by atomic mass is 35.5. The van der Waals surface area contributed by atoms with Crippen LogP contribution < -0.4 is 16.2 Å². The van der Waals surface area contributed by atoms with Gasteiger partial charge in [-0.1, -0.05) is 31.4 Å². The molecule has 1 rings (SSSR count). The molecule has 0 heterocycles. The summed E-state index contributed by atoms with van der Waals surface area (Å²) in [5.74, 6) is -0.255. The van der Waals surface area contributed by atoms with E-state index in [1.807, 2.05) is 0 Å². The number of unbranched alkanes of at least 4 members (excludes halogenated alkanes) is 2. The highest BCUT2D eigenvalue weighted by molar-refractivity contribution is 7.80. The van der Waals surface area contributed by atoms with Gasteiger partial charge in [0.1, 0.15) is 0 Å². The summed E-state index contributed by atoms with van der Waals surface area (Å²) in [6.45, 7) is 2.94. The number of nitrogens with one attached hydrogen (secondary N) is 3. The van der Waals surface area contributed by atoms with Crippen LogP contribution in [-0.2, 0) is 0 Å². The third-order valence-corrected chi connectivity index (χ3v) is 2.96. The largest absolute Gasteiger partial charge is 0.361 e. The monoisotopic (exact) mass is 299 g/mol. The highest BCUT2D eigenvalue weighted by Gasteiger charge is 2.04. The molecule has 0 unspecified atom stereocenters. The molecule has 0 aromatic heterocycles. The molecule has 3 N–H and O–H groups in total. The molecule has 1 aromatic rings. The third kappa shape index (κ3) is 6.40. The van der Waals surface area contributed by atoms with E-state index in [2.05, 4.69) is 23.1 Å². The molecular formula is C13H18ClN3OS. The smallest absolute Gasteiger partial charge is 0.269 e. The number of carbonyl (C=O) groups is 1. The van der Waals surface area contributed by atoms with Crippen LogP contribution in [0.15, 0.2) is 24.3 Å². The van der Waals surface area contributed by atoms with Crippen LogP contribution >= 0.6 is 23.8 Å². The number of amides is 1. The zero-order valence-electron chi connectivity index (χ0n) is 10.8. The Morgan fingerprint density at radius 3 is 2.53 bits per heavy atom. The molecule has 0 atom stereocenters. The van der Waals surface area contributed by atoms with Gasteiger partial charge in [-0.3, -0.25) is 15.6 Å². The minimum atomic E-state index is -0.255. The van der Waals surface area contributed by atoms with Gasteiger partial charge in [0.05, 0.1) is 0 Å². The summed E-state index contributed by atoms with van der Waals surface area (Å²) < 4.78 is 0. The van der Waals surface area contributed by atoms with E-state index in [1.165, 1.54) is 0 Å². The molecule has 104 valence electrons. The van der Waals surface area contributed by atoms with E-state index in [0.717, 1.165) is 25.8 Å². The number of thiocarbonyl (C=S) groups is 1. The molecule has 0 saturated heterocycles. The van der Waals surface area contributed by atoms with Crippen molar-refractivity contribution in [2.24, 2.45) is 0 Å². The molecule has 0 radical (unpaired) electrons. The number of benzene rings is 1. The number of hydrazine groups is 1. The molecule has 1 amide bonds. The van der Waals surface area contributed by atoms with Crippen molar-refractivity contribution in [2.75, 3.05) is 6.54 Å². The van der Waals surface area contributed by atoms with Crippen molar-refractivity contribution < 1.29 is 4.79 Å². The van der Waals surface area contributed by atoms with Crippen LogP contribution in [-0.4, -0.2) is 17.6 Å². The Kier molecular flexibility index (Phi) is 7.22. The Morgan fingerprint density at radius 1 is 1.21 bits per heavy atom. The normalized spacial score (nSPS) is 9.79. The maximum atomic E-state index is 11.7. The van der Waals surface area contributed by atoms with Crippen LogP contribution in [0, 0.1) is 0 Å². The van der Waals surface area contributed by atoms with Gasteiger partial charge in [0.25, 0.3) is 5.91 Å². The van der Waals surface area contributed by atoms with Crippen molar-refractivity contribution in [2.45, 2.75) is 26.2 Å². The molecule has 6 heteroatoms. The van der Waals surface area contributed by atoms with Crippen LogP contribution in [0.3, 0.4) is 0 Å². The van der Waals surface area contributed by atoms with Gasteiger partial charge >= 0.3 is 0 Å². The van der Waals surface area contributed by atoms with Crippen LogP contribution in [0.4, 0.5) is 0 Å². The van der Waals surface area contributed by atoms with E-state index in [1.54, 1.807) is 24.3 Å². The molecule has 0 aliphatic heterocycles. The first kappa shape index (κ1) is 15.7. The summed E-state index contributed by atoms with van der Waals surface area (Å²) in [5.41, 5.74) is 5.70. The summed E-state index contributed by atoms with van der Waals surface area (Å²) in [5, 5.41) is 4.03. The summed E-state index contributed by atoms with van der Waals surface area (Å²) in [4.78, 5) is 11.7. The first-order valence-electron chi connectivity index (χ1n) is 6.23. The van der Waals surface area contributed by atoms with Crippen LogP contribution in [0.1, 0.15) is 36.5 Å². The maximum absolute atomic E-state index is 11.7. The summed E-state index contributed by atoms with van der Waals surface area (Å²) in [6.07, 6.45) is 3.38. The second kappa shape index (κ2) is 8.72. The Labute approximate surface area is 123 Å². The molecule has 0 aliphatic rings. The van der Waals surface area contributed by atoms with Crippen molar-refractivity contribution in [3.8, 4) is 0 Å². The number of halogens is 1. The molecule has 19 heavy (non-hydrogen) atoms. The molecule has 1 aromatic carbocycles. The molecule has 4 nitrogen and oxygen atoms in total. The lowest BCUT2D eigenvalue weighted by Crippen LogP contribution is -2.46. The predicted octanol–water partition coefficient (Wildman–Crippen LogP) is 2.64. The fraction of sp³-hybridized carbons (Fsp3) is 0.385. The average molecular weight is 300 g/mol. The van der Waals surface area contributed by atoms with Gasteiger partial charge in [0.15, 0.2) is 5.11 Å². The van der Waals surface area contributed by atoms with Gasteiger partial charge < -0.3 is 5.32 Å². The summed E-state index contributed by atoms with van der Waals surface area (Å²) in [6, 6.07) is 6.63. The second-order valence-electron chi connectivity index (χ2n) is 4.05. The lowest BCUT2D eigenvalue weighted by molar-refractivity contribution is 0.0943. The van der Waals surface area contributed by atoms with E-state index in [-0.39, 0.29) is 5.91 Å². The molecule has 0 bridgehead atoms. The topological polar surface area (TPSA) is 53.2 Å². The van der Waals surface area contributed by atoms with Crippen molar-refractivity contribution in [3.05, 3.63) is 34.9 Å². The van der Waals surface area contributed by atoms with Gasteiger partial charge in [-0.2, -0.15) is 0 Å². The maximum Gasteiger partial charge on any atom is 0.269 e. The summed E-state index contributed by atoms with van der Waals surface area (Å²) in [7, 11) is 0. The fourth-order valence-electron chi connectivity index (χ4n) is 1.41. The zero-order chi connectivity index (χ0) is 14.1.